The summed E-state index contributed by atoms with van der Waals surface area (Å²) >= 11 is 1.78. The van der Waals surface area contributed by atoms with Crippen LogP contribution in [0.1, 0.15) is 0 Å². The maximum absolute atomic E-state index is 5.67. The summed E-state index contributed by atoms with van der Waals surface area (Å²) in [5.74, 6) is 0. The first kappa shape index (κ1) is 16.4. The van der Waals surface area contributed by atoms with Crippen molar-refractivity contribution in [2.24, 2.45) is 5.73 Å². The molecule has 7 heteroatoms. The van der Waals surface area contributed by atoms with Crippen molar-refractivity contribution in [3.05, 3.63) is 30.6 Å². The molecule has 0 fully saturated rings. The first-order chi connectivity index (χ1) is 12.2. The van der Waals surface area contributed by atoms with E-state index in [2.05, 4.69) is 52.2 Å². The van der Waals surface area contributed by atoms with Gasteiger partial charge in [0.25, 0.3) is 0 Å². The lowest BCUT2D eigenvalue weighted by atomic mass is 10.1. The third-order valence-corrected chi connectivity index (χ3v) is 5.54. The highest BCUT2D eigenvalue weighted by atomic mass is 32.2. The zero-order valence-electron chi connectivity index (χ0n) is 14.5. The van der Waals surface area contributed by atoms with E-state index in [1.54, 1.807) is 11.8 Å². The van der Waals surface area contributed by atoms with E-state index in [9.17, 15) is 0 Å². The fourth-order valence-electron chi connectivity index (χ4n) is 3.11. The quantitative estimate of drug-likeness (QED) is 0.554. The van der Waals surface area contributed by atoms with Crippen LogP contribution in [-0.4, -0.2) is 53.4 Å². The van der Waals surface area contributed by atoms with Gasteiger partial charge in [-0.25, -0.2) is 0 Å². The Balaban J connectivity index is 1.90. The van der Waals surface area contributed by atoms with Crippen molar-refractivity contribution in [2.45, 2.75) is 16.3 Å². The third-order valence-electron chi connectivity index (χ3n) is 4.34. The molecule has 3 aromatic rings. The summed E-state index contributed by atoms with van der Waals surface area (Å²) in [6.45, 7) is 3.18. The Kier molecular flexibility index (Phi) is 4.37. The average Bonchev–Trinajstić information content (AvgIpc) is 2.99. The monoisotopic (exact) mass is 354 g/mol. The Morgan fingerprint density at radius 2 is 2.16 bits per heavy atom. The van der Waals surface area contributed by atoms with E-state index in [-0.39, 0.29) is 0 Å². The first-order valence-corrected chi connectivity index (χ1v) is 9.25. The largest absolute Gasteiger partial charge is 0.383 e. The smallest absolute Gasteiger partial charge is 0.104 e. The van der Waals surface area contributed by atoms with E-state index in [1.807, 2.05) is 12.4 Å². The average molecular weight is 354 g/mol. The number of likely N-dealkylation sites (N-methyl/N-ethyl adjacent to an activating group) is 1. The highest BCUT2D eigenvalue weighted by molar-refractivity contribution is 8.00. The highest BCUT2D eigenvalue weighted by Crippen LogP contribution is 2.49. The predicted octanol–water partition coefficient (Wildman–Crippen LogP) is 2.50. The lowest BCUT2D eigenvalue weighted by molar-refractivity contribution is 0.377. The number of nitrogens with one attached hydrogen (secondary N) is 1. The zero-order valence-corrected chi connectivity index (χ0v) is 15.3. The van der Waals surface area contributed by atoms with Crippen LogP contribution in [0.25, 0.3) is 22.2 Å². The van der Waals surface area contributed by atoms with E-state index in [0.717, 1.165) is 36.6 Å². The van der Waals surface area contributed by atoms with Crippen LogP contribution in [0.4, 0.5) is 5.69 Å². The molecule has 3 heterocycles. The molecule has 1 aliphatic rings. The lowest BCUT2D eigenvalue weighted by Crippen LogP contribution is -2.19. The van der Waals surface area contributed by atoms with Gasteiger partial charge in [0, 0.05) is 58.5 Å². The SMILES string of the molecule is CN(C)CCn1nc2c3c(c(NCCN)ccc31)Sc1ccncc1-2. The Morgan fingerprint density at radius 1 is 1.28 bits per heavy atom. The van der Waals surface area contributed by atoms with Gasteiger partial charge < -0.3 is 16.0 Å². The molecule has 4 rings (SSSR count). The van der Waals surface area contributed by atoms with Gasteiger partial charge in [0.2, 0.25) is 0 Å². The molecule has 0 saturated carbocycles. The molecular formula is C18H22N6S. The zero-order chi connectivity index (χ0) is 17.4. The second-order valence-corrected chi connectivity index (χ2v) is 7.45. The van der Waals surface area contributed by atoms with Gasteiger partial charge in [-0.1, -0.05) is 11.8 Å². The third kappa shape index (κ3) is 2.88. The van der Waals surface area contributed by atoms with Gasteiger partial charge in [-0.15, -0.1) is 0 Å². The van der Waals surface area contributed by atoms with Crippen molar-refractivity contribution >= 4 is 28.4 Å². The second-order valence-electron chi connectivity index (χ2n) is 6.40. The van der Waals surface area contributed by atoms with Crippen LogP contribution in [-0.2, 0) is 6.54 Å². The summed E-state index contributed by atoms with van der Waals surface area (Å²) in [4.78, 5) is 8.92. The summed E-state index contributed by atoms with van der Waals surface area (Å²) < 4.78 is 2.11. The molecule has 0 bridgehead atoms. The van der Waals surface area contributed by atoms with Gasteiger partial charge in [0.15, 0.2) is 0 Å². The molecule has 0 unspecified atom stereocenters. The number of fused-ring (bicyclic) bond motifs is 2. The molecule has 25 heavy (non-hydrogen) atoms. The van der Waals surface area contributed by atoms with Gasteiger partial charge in [0.1, 0.15) is 5.69 Å². The Morgan fingerprint density at radius 3 is 2.96 bits per heavy atom. The van der Waals surface area contributed by atoms with Crippen LogP contribution in [0.2, 0.25) is 0 Å². The van der Waals surface area contributed by atoms with Crippen LogP contribution < -0.4 is 11.1 Å². The number of nitrogens with zero attached hydrogens (tertiary/aromatic N) is 4. The number of hydrogen-bond acceptors (Lipinski definition) is 6. The van der Waals surface area contributed by atoms with Gasteiger partial charge in [-0.2, -0.15) is 5.10 Å². The van der Waals surface area contributed by atoms with E-state index in [1.165, 1.54) is 20.7 Å². The summed E-state index contributed by atoms with van der Waals surface area (Å²) in [5, 5.41) is 9.60. The molecule has 2 aromatic heterocycles. The Hall–Kier alpha value is -2.09. The van der Waals surface area contributed by atoms with Crippen molar-refractivity contribution in [2.75, 3.05) is 39.0 Å². The van der Waals surface area contributed by atoms with Crippen molar-refractivity contribution in [3.63, 3.8) is 0 Å². The van der Waals surface area contributed by atoms with Crippen LogP contribution in [0.15, 0.2) is 40.4 Å². The topological polar surface area (TPSA) is 72.0 Å². The van der Waals surface area contributed by atoms with E-state index in [4.69, 9.17) is 10.8 Å². The van der Waals surface area contributed by atoms with Crippen LogP contribution in [0, 0.1) is 0 Å². The van der Waals surface area contributed by atoms with Crippen LogP contribution in [0.5, 0.6) is 0 Å². The molecule has 1 aromatic carbocycles. The van der Waals surface area contributed by atoms with Gasteiger partial charge >= 0.3 is 0 Å². The Labute approximate surface area is 151 Å². The van der Waals surface area contributed by atoms with Gasteiger partial charge in [-0.05, 0) is 32.3 Å². The molecule has 130 valence electrons. The fourth-order valence-corrected chi connectivity index (χ4v) is 4.27. The molecule has 0 atom stereocenters. The summed E-state index contributed by atoms with van der Waals surface area (Å²) in [7, 11) is 4.17. The normalized spacial score (nSPS) is 12.6. The number of hydrogen-bond donors (Lipinski definition) is 2. The number of anilines is 1. The highest BCUT2D eigenvalue weighted by Gasteiger charge is 2.26. The van der Waals surface area contributed by atoms with Crippen molar-refractivity contribution in [1.82, 2.24) is 19.7 Å². The maximum Gasteiger partial charge on any atom is 0.104 e. The molecule has 0 radical (unpaired) electrons. The number of benzene rings is 1. The minimum atomic E-state index is 0.609. The number of pyridine rings is 1. The summed E-state index contributed by atoms with van der Waals surface area (Å²) in [6.07, 6.45) is 3.76. The lowest BCUT2D eigenvalue weighted by Gasteiger charge is -2.18. The molecule has 0 saturated heterocycles. The Bertz CT molecular complexity index is 917. The minimum Gasteiger partial charge on any atom is -0.383 e. The summed E-state index contributed by atoms with van der Waals surface area (Å²) in [6, 6.07) is 6.36. The van der Waals surface area contributed by atoms with Crippen molar-refractivity contribution in [3.8, 4) is 11.3 Å². The molecule has 6 nitrogen and oxygen atoms in total. The van der Waals surface area contributed by atoms with E-state index < -0.39 is 0 Å². The van der Waals surface area contributed by atoms with E-state index in [0.29, 0.717) is 6.54 Å². The van der Waals surface area contributed by atoms with Crippen LogP contribution in [0.3, 0.4) is 0 Å². The minimum absolute atomic E-state index is 0.609. The molecular weight excluding hydrogens is 332 g/mol. The summed E-state index contributed by atoms with van der Waals surface area (Å²) in [5.41, 5.74) is 10.1. The molecule has 1 aliphatic heterocycles. The van der Waals surface area contributed by atoms with Gasteiger partial charge in [0.05, 0.1) is 12.1 Å². The molecule has 0 amide bonds. The fraction of sp³-hybridized carbons (Fsp3) is 0.333. The standard InChI is InChI=1S/C18H22N6S/c1-23(2)9-10-24-14-4-3-13(21-8-6-19)18-16(14)17(22-24)12-11-20-7-5-15(12)25-18/h3-5,7,11,21H,6,8-10,19H2,1-2H3. The predicted molar refractivity (Wildman–Crippen MR) is 103 cm³/mol. The number of nitrogens with two attached hydrogens (primary N) is 1. The van der Waals surface area contributed by atoms with Crippen molar-refractivity contribution < 1.29 is 0 Å². The second kappa shape index (κ2) is 6.67. The number of aromatic nitrogens is 3. The van der Waals surface area contributed by atoms with Crippen LogP contribution >= 0.6 is 11.8 Å². The molecule has 0 aliphatic carbocycles. The van der Waals surface area contributed by atoms with Crippen molar-refractivity contribution in [1.29, 1.82) is 0 Å². The number of rotatable bonds is 6. The molecule has 0 spiro atoms. The van der Waals surface area contributed by atoms with Gasteiger partial charge in [-0.3, -0.25) is 9.67 Å². The first-order valence-electron chi connectivity index (χ1n) is 8.43. The van der Waals surface area contributed by atoms with E-state index >= 15 is 0 Å². The maximum atomic E-state index is 5.67. The molecule has 3 N–H and O–H groups in total.